The smallest absolute Gasteiger partial charge is 0.405 e. The van der Waals surface area contributed by atoms with Gasteiger partial charge in [-0.1, -0.05) is 17.7 Å². The predicted octanol–water partition coefficient (Wildman–Crippen LogP) is 1.99. The van der Waals surface area contributed by atoms with E-state index in [1.807, 2.05) is 0 Å². The van der Waals surface area contributed by atoms with Crippen LogP contribution in [0.3, 0.4) is 0 Å². The number of benzene rings is 1. The van der Waals surface area contributed by atoms with Gasteiger partial charge in [-0.2, -0.15) is 5.10 Å². The van der Waals surface area contributed by atoms with E-state index < -0.39 is 31.1 Å². The van der Waals surface area contributed by atoms with Crippen LogP contribution in [0.2, 0.25) is 5.02 Å². The van der Waals surface area contributed by atoms with Gasteiger partial charge in [0, 0.05) is 0 Å². The molecule has 22 heavy (non-hydrogen) atoms. The average Bonchev–Trinajstić information content (AvgIpc) is 2.94. The molecule has 10 heteroatoms. The number of nitrogens with two attached hydrogens (primary N) is 1. The molecule has 0 spiro atoms. The monoisotopic (exact) mass is 332 g/mol. The second-order valence-electron chi connectivity index (χ2n) is 4.15. The minimum atomic E-state index is -2.85. The van der Waals surface area contributed by atoms with E-state index in [4.69, 9.17) is 22.1 Å². The quantitative estimate of drug-likeness (QED) is 0.871. The molecule has 1 amide bonds. The number of carbonyl (C=O) groups excluding carboxylic acids is 1. The van der Waals surface area contributed by atoms with Gasteiger partial charge < -0.3 is 15.6 Å². The number of rotatable bonds is 5. The molecule has 3 N–H and O–H groups in total. The van der Waals surface area contributed by atoms with Crippen LogP contribution >= 0.6 is 11.6 Å². The second-order valence-corrected chi connectivity index (χ2v) is 4.56. The van der Waals surface area contributed by atoms with Crippen LogP contribution in [0.15, 0.2) is 24.5 Å². The summed E-state index contributed by atoms with van der Waals surface area (Å²) >= 11 is 5.99. The number of halogens is 3. The first-order valence-corrected chi connectivity index (χ1v) is 6.36. The Hall–Kier alpha value is -2.26. The number of aromatic nitrogens is 3. The highest BCUT2D eigenvalue weighted by Gasteiger charge is 2.21. The van der Waals surface area contributed by atoms with Crippen molar-refractivity contribution in [2.24, 2.45) is 5.73 Å². The van der Waals surface area contributed by atoms with Crippen molar-refractivity contribution in [1.29, 1.82) is 0 Å². The summed E-state index contributed by atoms with van der Waals surface area (Å²) in [4.78, 5) is 14.3. The third kappa shape index (κ3) is 3.31. The summed E-state index contributed by atoms with van der Waals surface area (Å²) in [6, 6.07) is 4.22. The van der Waals surface area contributed by atoms with Crippen LogP contribution in [0, 0.1) is 0 Å². The maximum atomic E-state index is 12.9. The Bertz CT molecular complexity index is 680. The first kappa shape index (κ1) is 16.1. The van der Waals surface area contributed by atoms with E-state index in [0.717, 1.165) is 11.0 Å². The van der Waals surface area contributed by atoms with Gasteiger partial charge in [0.15, 0.2) is 11.9 Å². The molecule has 0 saturated heterocycles. The molecule has 2 rings (SSSR count). The minimum Gasteiger partial charge on any atom is -0.439 e. The molecule has 0 aliphatic heterocycles. The number of hydrogen-bond donors (Lipinski definition) is 2. The van der Waals surface area contributed by atoms with Crippen molar-refractivity contribution in [3.63, 3.8) is 0 Å². The van der Waals surface area contributed by atoms with Gasteiger partial charge >= 0.3 is 6.09 Å². The van der Waals surface area contributed by atoms with Crippen LogP contribution in [0.25, 0.3) is 5.69 Å². The van der Waals surface area contributed by atoms with Crippen molar-refractivity contribution in [1.82, 2.24) is 14.8 Å². The van der Waals surface area contributed by atoms with E-state index in [-0.39, 0.29) is 10.7 Å². The van der Waals surface area contributed by atoms with Gasteiger partial charge in [-0.3, -0.25) is 0 Å². The fourth-order valence-electron chi connectivity index (χ4n) is 1.83. The molecule has 0 saturated carbocycles. The highest BCUT2D eigenvalue weighted by atomic mass is 35.5. The number of ether oxygens (including phenoxy) is 1. The van der Waals surface area contributed by atoms with Crippen molar-refractivity contribution >= 4 is 17.7 Å². The van der Waals surface area contributed by atoms with Gasteiger partial charge in [0.05, 0.1) is 17.3 Å². The molecule has 1 aromatic carbocycles. The topological polar surface area (TPSA) is 103 Å². The molecule has 1 aromatic heterocycles. The van der Waals surface area contributed by atoms with Crippen LogP contribution < -0.4 is 5.73 Å². The first-order valence-electron chi connectivity index (χ1n) is 5.99. The standard InChI is InChI=1S/C12H11ClF2N4O3/c13-7-2-1-6(9(4-20)22-12(16)21)3-8(7)19-11(10(14)15)17-5-18-19/h1-3,5,9-10,20H,4H2,(H2,16,21)/t9-/m1/s1. The van der Waals surface area contributed by atoms with Crippen molar-refractivity contribution < 1.29 is 23.4 Å². The molecule has 118 valence electrons. The van der Waals surface area contributed by atoms with E-state index in [1.54, 1.807) is 0 Å². The molecular weight excluding hydrogens is 322 g/mol. The summed E-state index contributed by atoms with van der Waals surface area (Å²) in [6.07, 6.45) is -4.01. The number of aliphatic hydroxyl groups excluding tert-OH is 1. The fourth-order valence-corrected chi connectivity index (χ4v) is 2.03. The summed E-state index contributed by atoms with van der Waals surface area (Å²) < 4.78 is 31.4. The zero-order valence-electron chi connectivity index (χ0n) is 11.0. The fraction of sp³-hybridized carbons (Fsp3) is 0.250. The van der Waals surface area contributed by atoms with Gasteiger partial charge in [-0.15, -0.1) is 0 Å². The number of alkyl halides is 2. The lowest BCUT2D eigenvalue weighted by molar-refractivity contribution is 0.0633. The number of amides is 1. The van der Waals surface area contributed by atoms with Gasteiger partial charge in [0.2, 0.25) is 0 Å². The number of primary amides is 1. The van der Waals surface area contributed by atoms with Crippen molar-refractivity contribution in [3.05, 3.63) is 40.9 Å². The van der Waals surface area contributed by atoms with Crippen molar-refractivity contribution in [3.8, 4) is 5.69 Å². The zero-order valence-corrected chi connectivity index (χ0v) is 11.7. The minimum absolute atomic E-state index is 0.110. The Kier molecular flexibility index (Phi) is 4.88. The molecule has 2 aromatic rings. The molecule has 0 bridgehead atoms. The lowest BCUT2D eigenvalue weighted by atomic mass is 10.1. The highest BCUT2D eigenvalue weighted by Crippen LogP contribution is 2.28. The third-order valence-electron chi connectivity index (χ3n) is 2.76. The van der Waals surface area contributed by atoms with Crippen LogP contribution in [0.5, 0.6) is 0 Å². The van der Waals surface area contributed by atoms with Crippen LogP contribution in [0.1, 0.15) is 23.9 Å². The number of hydrogen-bond acceptors (Lipinski definition) is 5. The second kappa shape index (κ2) is 6.67. The Morgan fingerprint density at radius 2 is 2.23 bits per heavy atom. The van der Waals surface area contributed by atoms with Crippen LogP contribution in [0.4, 0.5) is 13.6 Å². The summed E-state index contributed by atoms with van der Waals surface area (Å²) in [7, 11) is 0. The van der Waals surface area contributed by atoms with E-state index in [0.29, 0.717) is 5.56 Å². The summed E-state index contributed by atoms with van der Waals surface area (Å²) in [5.41, 5.74) is 5.33. The first-order chi connectivity index (χ1) is 10.4. The predicted molar refractivity (Wildman–Crippen MR) is 71.8 cm³/mol. The molecule has 0 aliphatic carbocycles. The summed E-state index contributed by atoms with van der Waals surface area (Å²) in [5, 5.41) is 13.1. The summed E-state index contributed by atoms with van der Waals surface area (Å²) in [5.74, 6) is -0.588. The van der Waals surface area contributed by atoms with Gasteiger partial charge in [-0.05, 0) is 17.7 Å². The normalized spacial score (nSPS) is 12.4. The Morgan fingerprint density at radius 3 is 2.82 bits per heavy atom. The number of aliphatic hydroxyl groups is 1. The van der Waals surface area contributed by atoms with Crippen LogP contribution in [-0.4, -0.2) is 32.6 Å². The van der Waals surface area contributed by atoms with Crippen molar-refractivity contribution in [2.75, 3.05) is 6.61 Å². The van der Waals surface area contributed by atoms with Crippen molar-refractivity contribution in [2.45, 2.75) is 12.5 Å². The zero-order chi connectivity index (χ0) is 16.3. The maximum absolute atomic E-state index is 12.9. The summed E-state index contributed by atoms with van der Waals surface area (Å²) in [6.45, 7) is -0.539. The molecule has 1 heterocycles. The lowest BCUT2D eigenvalue weighted by Crippen LogP contribution is -2.20. The number of nitrogens with zero attached hydrogens (tertiary/aromatic N) is 3. The Labute approximate surface area is 128 Å². The molecule has 7 nitrogen and oxygen atoms in total. The molecule has 0 radical (unpaired) electrons. The maximum Gasteiger partial charge on any atom is 0.405 e. The average molecular weight is 333 g/mol. The Morgan fingerprint density at radius 1 is 1.50 bits per heavy atom. The van der Waals surface area contributed by atoms with E-state index in [1.165, 1.54) is 18.2 Å². The molecule has 0 fully saturated rings. The highest BCUT2D eigenvalue weighted by molar-refractivity contribution is 6.32. The molecular formula is C12H11ClF2N4O3. The SMILES string of the molecule is NC(=O)O[C@H](CO)c1ccc(Cl)c(-n2ncnc2C(F)F)c1. The van der Waals surface area contributed by atoms with E-state index in [2.05, 4.69) is 10.1 Å². The van der Waals surface area contributed by atoms with E-state index in [9.17, 15) is 18.7 Å². The van der Waals surface area contributed by atoms with Gasteiger partial charge in [0.1, 0.15) is 6.33 Å². The Balaban J connectivity index is 2.46. The largest absolute Gasteiger partial charge is 0.439 e. The lowest BCUT2D eigenvalue weighted by Gasteiger charge is -2.16. The van der Waals surface area contributed by atoms with Crippen LogP contribution in [-0.2, 0) is 4.74 Å². The van der Waals surface area contributed by atoms with E-state index >= 15 is 0 Å². The third-order valence-corrected chi connectivity index (χ3v) is 3.08. The molecule has 0 aliphatic rings. The molecule has 0 unspecified atom stereocenters. The number of carbonyl (C=O) groups is 1. The van der Waals surface area contributed by atoms with Gasteiger partial charge in [-0.25, -0.2) is 23.2 Å². The van der Waals surface area contributed by atoms with Gasteiger partial charge in [0.25, 0.3) is 6.43 Å². The molecule has 1 atom stereocenters.